The maximum atomic E-state index is 12.6. The largest absolute Gasteiger partial charge is 0.391 e. The number of halogens is 1. The van der Waals surface area contributed by atoms with Gasteiger partial charge in [0, 0.05) is 17.1 Å². The highest BCUT2D eigenvalue weighted by Gasteiger charge is 2.30. The molecule has 1 aromatic rings. The molecular formula is C15H20BrNO2. The van der Waals surface area contributed by atoms with Crippen molar-refractivity contribution >= 4 is 21.8 Å². The van der Waals surface area contributed by atoms with Crippen molar-refractivity contribution < 1.29 is 9.90 Å². The van der Waals surface area contributed by atoms with Crippen LogP contribution in [0.25, 0.3) is 0 Å². The van der Waals surface area contributed by atoms with Crippen LogP contribution in [0.1, 0.15) is 41.6 Å². The molecule has 104 valence electrons. The Morgan fingerprint density at radius 3 is 2.74 bits per heavy atom. The van der Waals surface area contributed by atoms with Crippen LogP contribution in [0.3, 0.4) is 0 Å². The molecule has 0 bridgehead atoms. The molecule has 1 fully saturated rings. The van der Waals surface area contributed by atoms with Crippen LogP contribution in [0.2, 0.25) is 0 Å². The number of hydrogen-bond donors (Lipinski definition) is 1. The van der Waals surface area contributed by atoms with Crippen LogP contribution in [-0.2, 0) is 0 Å². The van der Waals surface area contributed by atoms with Crippen molar-refractivity contribution in [2.75, 3.05) is 7.05 Å². The van der Waals surface area contributed by atoms with Crippen molar-refractivity contribution in [1.82, 2.24) is 4.90 Å². The molecule has 1 amide bonds. The minimum absolute atomic E-state index is 0.00949. The van der Waals surface area contributed by atoms with Crippen LogP contribution in [0.5, 0.6) is 0 Å². The standard InChI is InChI=1S/C15H20BrNO2/c1-10-7-8-11(16)9-12(10)15(19)17(2)13-5-3-4-6-14(13)18/h7-9,13-14,18H,3-6H2,1-2H3. The smallest absolute Gasteiger partial charge is 0.254 e. The zero-order chi connectivity index (χ0) is 14.0. The van der Waals surface area contributed by atoms with Crippen LogP contribution >= 0.6 is 15.9 Å². The Kier molecular flexibility index (Phi) is 4.63. The summed E-state index contributed by atoms with van der Waals surface area (Å²) in [4.78, 5) is 14.3. The van der Waals surface area contributed by atoms with Gasteiger partial charge in [0.15, 0.2) is 0 Å². The number of aliphatic hydroxyl groups is 1. The highest BCUT2D eigenvalue weighted by molar-refractivity contribution is 9.10. The number of aryl methyl sites for hydroxylation is 1. The zero-order valence-electron chi connectivity index (χ0n) is 11.4. The van der Waals surface area contributed by atoms with Crippen molar-refractivity contribution in [2.24, 2.45) is 0 Å². The molecule has 1 aromatic carbocycles. The number of likely N-dealkylation sites (N-methyl/N-ethyl adjacent to an activating group) is 1. The van der Waals surface area contributed by atoms with Gasteiger partial charge in [-0.3, -0.25) is 4.79 Å². The summed E-state index contributed by atoms with van der Waals surface area (Å²) in [7, 11) is 1.79. The van der Waals surface area contributed by atoms with Gasteiger partial charge in [0.25, 0.3) is 5.91 Å². The van der Waals surface area contributed by atoms with Gasteiger partial charge in [0.2, 0.25) is 0 Å². The van der Waals surface area contributed by atoms with E-state index < -0.39 is 6.10 Å². The Hall–Kier alpha value is -0.870. The summed E-state index contributed by atoms with van der Waals surface area (Å²) in [5, 5.41) is 10.1. The van der Waals surface area contributed by atoms with E-state index in [1.807, 2.05) is 25.1 Å². The molecule has 0 aromatic heterocycles. The predicted octanol–water partition coefficient (Wildman–Crippen LogP) is 3.13. The van der Waals surface area contributed by atoms with Crippen LogP contribution in [-0.4, -0.2) is 35.1 Å². The van der Waals surface area contributed by atoms with E-state index in [4.69, 9.17) is 0 Å². The summed E-state index contributed by atoms with van der Waals surface area (Å²) in [6.45, 7) is 1.94. The second-order valence-electron chi connectivity index (χ2n) is 5.29. The maximum absolute atomic E-state index is 12.6. The lowest BCUT2D eigenvalue weighted by molar-refractivity contribution is 0.0267. The summed E-state index contributed by atoms with van der Waals surface area (Å²) < 4.78 is 0.902. The molecular weight excluding hydrogens is 306 g/mol. The van der Waals surface area contributed by atoms with E-state index >= 15 is 0 Å². The van der Waals surface area contributed by atoms with Gasteiger partial charge in [-0.2, -0.15) is 0 Å². The lowest BCUT2D eigenvalue weighted by Gasteiger charge is -2.35. The number of carbonyl (C=O) groups excluding carboxylic acids is 1. The number of benzene rings is 1. The second kappa shape index (κ2) is 6.06. The molecule has 1 aliphatic carbocycles. The minimum Gasteiger partial charge on any atom is -0.391 e. The first-order chi connectivity index (χ1) is 9.00. The monoisotopic (exact) mass is 325 g/mol. The quantitative estimate of drug-likeness (QED) is 0.907. The number of amides is 1. The molecule has 0 radical (unpaired) electrons. The Morgan fingerprint density at radius 2 is 2.05 bits per heavy atom. The van der Waals surface area contributed by atoms with E-state index in [0.717, 1.165) is 35.7 Å². The molecule has 2 unspecified atom stereocenters. The lowest BCUT2D eigenvalue weighted by Crippen LogP contribution is -2.46. The first-order valence-electron chi connectivity index (χ1n) is 6.72. The third kappa shape index (κ3) is 3.18. The van der Waals surface area contributed by atoms with Crippen LogP contribution in [0, 0.1) is 6.92 Å². The van der Waals surface area contributed by atoms with E-state index in [9.17, 15) is 9.90 Å². The van der Waals surface area contributed by atoms with E-state index in [0.29, 0.717) is 5.56 Å². The number of hydrogen-bond acceptors (Lipinski definition) is 2. The third-order valence-corrected chi connectivity index (χ3v) is 4.44. The highest BCUT2D eigenvalue weighted by Crippen LogP contribution is 2.25. The molecule has 0 saturated heterocycles. The number of rotatable bonds is 2. The van der Waals surface area contributed by atoms with Crippen molar-refractivity contribution in [3.05, 3.63) is 33.8 Å². The summed E-state index contributed by atoms with van der Waals surface area (Å²) >= 11 is 3.40. The van der Waals surface area contributed by atoms with Crippen LogP contribution in [0.4, 0.5) is 0 Å². The highest BCUT2D eigenvalue weighted by atomic mass is 79.9. The molecule has 3 nitrogen and oxygen atoms in total. The number of aliphatic hydroxyl groups excluding tert-OH is 1. The normalized spacial score (nSPS) is 23.2. The molecule has 4 heteroatoms. The van der Waals surface area contributed by atoms with Gasteiger partial charge in [0.05, 0.1) is 12.1 Å². The first-order valence-corrected chi connectivity index (χ1v) is 7.51. The average molecular weight is 326 g/mol. The van der Waals surface area contributed by atoms with E-state index in [1.165, 1.54) is 0 Å². The van der Waals surface area contributed by atoms with E-state index in [2.05, 4.69) is 15.9 Å². The van der Waals surface area contributed by atoms with Gasteiger partial charge < -0.3 is 10.0 Å². The Balaban J connectivity index is 2.20. The van der Waals surface area contributed by atoms with Crippen LogP contribution in [0.15, 0.2) is 22.7 Å². The summed E-state index contributed by atoms with van der Waals surface area (Å²) in [6, 6.07) is 5.66. The van der Waals surface area contributed by atoms with E-state index in [-0.39, 0.29) is 11.9 Å². The fourth-order valence-electron chi connectivity index (χ4n) is 2.71. The Bertz CT molecular complexity index is 475. The molecule has 2 atom stereocenters. The van der Waals surface area contributed by atoms with Gasteiger partial charge >= 0.3 is 0 Å². The fraction of sp³-hybridized carbons (Fsp3) is 0.533. The van der Waals surface area contributed by atoms with Gasteiger partial charge in [-0.25, -0.2) is 0 Å². The number of carbonyl (C=O) groups is 1. The molecule has 1 saturated carbocycles. The van der Waals surface area contributed by atoms with Gasteiger partial charge in [-0.05, 0) is 37.5 Å². The van der Waals surface area contributed by atoms with Crippen molar-refractivity contribution in [3.8, 4) is 0 Å². The molecule has 1 N–H and O–H groups in total. The molecule has 1 aliphatic rings. The molecule has 0 aliphatic heterocycles. The second-order valence-corrected chi connectivity index (χ2v) is 6.21. The minimum atomic E-state index is -0.393. The molecule has 0 spiro atoms. The Morgan fingerprint density at radius 1 is 1.37 bits per heavy atom. The van der Waals surface area contributed by atoms with Crippen molar-refractivity contribution in [2.45, 2.75) is 44.8 Å². The summed E-state index contributed by atoms with van der Waals surface area (Å²) in [5.41, 5.74) is 1.67. The SMILES string of the molecule is Cc1ccc(Br)cc1C(=O)N(C)C1CCCCC1O. The lowest BCUT2D eigenvalue weighted by atomic mass is 9.91. The van der Waals surface area contributed by atoms with E-state index in [1.54, 1.807) is 11.9 Å². The molecule has 0 heterocycles. The molecule has 2 rings (SSSR count). The van der Waals surface area contributed by atoms with Gasteiger partial charge in [0.1, 0.15) is 0 Å². The van der Waals surface area contributed by atoms with Crippen molar-refractivity contribution in [1.29, 1.82) is 0 Å². The third-order valence-electron chi connectivity index (χ3n) is 3.94. The predicted molar refractivity (Wildman–Crippen MR) is 79.2 cm³/mol. The molecule has 19 heavy (non-hydrogen) atoms. The fourth-order valence-corrected chi connectivity index (χ4v) is 3.07. The van der Waals surface area contributed by atoms with Gasteiger partial charge in [-0.15, -0.1) is 0 Å². The van der Waals surface area contributed by atoms with Crippen molar-refractivity contribution in [3.63, 3.8) is 0 Å². The summed E-state index contributed by atoms with van der Waals surface area (Å²) in [5.74, 6) is -0.00949. The Labute approximate surface area is 122 Å². The summed E-state index contributed by atoms with van der Waals surface area (Å²) in [6.07, 6.45) is 3.41. The number of nitrogens with zero attached hydrogens (tertiary/aromatic N) is 1. The average Bonchev–Trinajstić information content (AvgIpc) is 2.40. The maximum Gasteiger partial charge on any atom is 0.254 e. The zero-order valence-corrected chi connectivity index (χ0v) is 13.0. The van der Waals surface area contributed by atoms with Crippen LogP contribution < -0.4 is 0 Å². The first kappa shape index (κ1) is 14.5. The van der Waals surface area contributed by atoms with Gasteiger partial charge in [-0.1, -0.05) is 34.8 Å². The topological polar surface area (TPSA) is 40.5 Å².